The molecule has 1 heterocycles. The molecule has 1 fully saturated rings. The fourth-order valence-corrected chi connectivity index (χ4v) is 2.05. The van der Waals surface area contributed by atoms with Crippen LogP contribution in [0.2, 0.25) is 0 Å². The summed E-state index contributed by atoms with van der Waals surface area (Å²) in [5.41, 5.74) is 7.63. The van der Waals surface area contributed by atoms with Crippen molar-refractivity contribution in [2.75, 3.05) is 43.9 Å². The van der Waals surface area contributed by atoms with Crippen LogP contribution >= 0.6 is 0 Å². The highest BCUT2D eigenvalue weighted by molar-refractivity contribution is 5.77. The molecule has 1 aromatic rings. The maximum Gasteiger partial charge on any atom is 0.224 e. The van der Waals surface area contributed by atoms with Crippen LogP contribution in [0.1, 0.15) is 12.0 Å². The van der Waals surface area contributed by atoms with Crippen molar-refractivity contribution >= 4 is 17.3 Å². The zero-order valence-electron chi connectivity index (χ0n) is 11.3. The molecule has 20 heavy (non-hydrogen) atoms. The molecule has 1 saturated heterocycles. The number of ether oxygens (including phenoxy) is 1. The van der Waals surface area contributed by atoms with Crippen molar-refractivity contribution in [1.29, 1.82) is 5.26 Å². The summed E-state index contributed by atoms with van der Waals surface area (Å²) in [5.74, 6) is 0.107. The number of nitriles is 1. The van der Waals surface area contributed by atoms with Crippen LogP contribution in [-0.2, 0) is 9.53 Å². The number of anilines is 2. The summed E-state index contributed by atoms with van der Waals surface area (Å²) in [6, 6.07) is 7.10. The lowest BCUT2D eigenvalue weighted by molar-refractivity contribution is -0.134. The number of morpholine rings is 1. The van der Waals surface area contributed by atoms with Crippen LogP contribution in [0.4, 0.5) is 11.4 Å². The van der Waals surface area contributed by atoms with Crippen LogP contribution in [0.5, 0.6) is 0 Å². The number of rotatable bonds is 4. The van der Waals surface area contributed by atoms with E-state index < -0.39 is 0 Å². The summed E-state index contributed by atoms with van der Waals surface area (Å²) in [5, 5.41) is 11.9. The highest BCUT2D eigenvalue weighted by Gasteiger charge is 2.16. The summed E-state index contributed by atoms with van der Waals surface area (Å²) in [4.78, 5) is 13.7. The third-order valence-corrected chi connectivity index (χ3v) is 3.20. The Labute approximate surface area is 118 Å². The maximum absolute atomic E-state index is 11.9. The molecular weight excluding hydrogens is 256 g/mol. The molecule has 6 nitrogen and oxygen atoms in total. The van der Waals surface area contributed by atoms with E-state index in [2.05, 4.69) is 11.4 Å². The van der Waals surface area contributed by atoms with E-state index in [1.54, 1.807) is 23.1 Å². The van der Waals surface area contributed by atoms with Gasteiger partial charge in [-0.15, -0.1) is 0 Å². The van der Waals surface area contributed by atoms with Gasteiger partial charge in [0.1, 0.15) is 0 Å². The average Bonchev–Trinajstić information content (AvgIpc) is 2.50. The maximum atomic E-state index is 11.9. The van der Waals surface area contributed by atoms with Gasteiger partial charge in [-0.3, -0.25) is 4.79 Å². The van der Waals surface area contributed by atoms with Crippen molar-refractivity contribution < 1.29 is 9.53 Å². The number of amides is 1. The number of carbonyl (C=O) groups excluding carboxylic acids is 1. The normalized spacial score (nSPS) is 14.7. The molecule has 0 aliphatic carbocycles. The summed E-state index contributed by atoms with van der Waals surface area (Å²) in [6.45, 7) is 3.03. The molecule has 1 amide bonds. The van der Waals surface area contributed by atoms with E-state index in [-0.39, 0.29) is 5.91 Å². The van der Waals surface area contributed by atoms with Crippen LogP contribution < -0.4 is 11.1 Å². The minimum Gasteiger partial charge on any atom is -0.397 e. The molecular formula is C14H18N4O2. The highest BCUT2D eigenvalue weighted by atomic mass is 16.5. The summed E-state index contributed by atoms with van der Waals surface area (Å²) in [7, 11) is 0. The van der Waals surface area contributed by atoms with Crippen LogP contribution in [0, 0.1) is 11.3 Å². The number of nitrogens with two attached hydrogens (primary N) is 1. The van der Waals surface area contributed by atoms with Crippen LogP contribution in [0.25, 0.3) is 0 Å². The van der Waals surface area contributed by atoms with Crippen molar-refractivity contribution in [3.05, 3.63) is 23.8 Å². The number of nitrogens with one attached hydrogen (secondary N) is 1. The highest BCUT2D eigenvalue weighted by Crippen LogP contribution is 2.19. The van der Waals surface area contributed by atoms with Gasteiger partial charge in [0.2, 0.25) is 5.91 Å². The topological polar surface area (TPSA) is 91.4 Å². The van der Waals surface area contributed by atoms with Gasteiger partial charge < -0.3 is 20.7 Å². The van der Waals surface area contributed by atoms with Gasteiger partial charge in [0.25, 0.3) is 0 Å². The molecule has 2 rings (SSSR count). The number of nitrogens with zero attached hydrogens (tertiary/aromatic N) is 2. The van der Waals surface area contributed by atoms with Crippen molar-refractivity contribution in [2.45, 2.75) is 6.42 Å². The minimum atomic E-state index is 0.107. The van der Waals surface area contributed by atoms with Gasteiger partial charge in [-0.2, -0.15) is 5.26 Å². The molecule has 1 aromatic carbocycles. The Balaban J connectivity index is 1.83. The molecule has 3 N–H and O–H groups in total. The summed E-state index contributed by atoms with van der Waals surface area (Å²) >= 11 is 0. The molecule has 0 radical (unpaired) electrons. The first-order valence-corrected chi connectivity index (χ1v) is 6.59. The van der Waals surface area contributed by atoms with Gasteiger partial charge in [0.15, 0.2) is 0 Å². The van der Waals surface area contributed by atoms with E-state index in [0.717, 1.165) is 0 Å². The largest absolute Gasteiger partial charge is 0.397 e. The Bertz CT molecular complexity index is 518. The lowest BCUT2D eigenvalue weighted by Crippen LogP contribution is -2.41. The smallest absolute Gasteiger partial charge is 0.224 e. The second kappa shape index (κ2) is 6.78. The van der Waals surface area contributed by atoms with Gasteiger partial charge in [-0.25, -0.2) is 0 Å². The first-order chi connectivity index (χ1) is 9.70. The number of hydrogen-bond donors (Lipinski definition) is 2. The Hall–Kier alpha value is -2.26. The van der Waals surface area contributed by atoms with Gasteiger partial charge in [-0.05, 0) is 18.2 Å². The fourth-order valence-electron chi connectivity index (χ4n) is 2.05. The molecule has 0 saturated carbocycles. The molecule has 0 spiro atoms. The van der Waals surface area contributed by atoms with E-state index in [9.17, 15) is 4.79 Å². The molecule has 0 bridgehead atoms. The Morgan fingerprint density at radius 3 is 2.90 bits per heavy atom. The molecule has 6 heteroatoms. The SMILES string of the molecule is N#Cc1ccc(N)c(NCCC(=O)N2CCOCC2)c1. The number of carbonyl (C=O) groups is 1. The molecule has 0 unspecified atom stereocenters. The van der Waals surface area contributed by atoms with Crippen LogP contribution in [0.15, 0.2) is 18.2 Å². The first kappa shape index (κ1) is 14.2. The van der Waals surface area contributed by atoms with Crippen molar-refractivity contribution in [3.8, 4) is 6.07 Å². The van der Waals surface area contributed by atoms with E-state index in [1.165, 1.54) is 0 Å². The zero-order chi connectivity index (χ0) is 14.4. The first-order valence-electron chi connectivity index (χ1n) is 6.59. The van der Waals surface area contributed by atoms with Crippen molar-refractivity contribution in [2.24, 2.45) is 0 Å². The third kappa shape index (κ3) is 3.62. The number of nitrogen functional groups attached to an aromatic ring is 1. The molecule has 1 aliphatic rings. The van der Waals surface area contributed by atoms with Crippen LogP contribution in [-0.4, -0.2) is 43.7 Å². The van der Waals surface area contributed by atoms with Gasteiger partial charge >= 0.3 is 0 Å². The van der Waals surface area contributed by atoms with Gasteiger partial charge in [0, 0.05) is 26.1 Å². The second-order valence-corrected chi connectivity index (χ2v) is 4.58. The predicted octanol–water partition coefficient (Wildman–Crippen LogP) is 0.801. The zero-order valence-corrected chi connectivity index (χ0v) is 11.3. The molecule has 0 aromatic heterocycles. The van der Waals surface area contributed by atoms with E-state index in [0.29, 0.717) is 56.2 Å². The number of benzene rings is 1. The van der Waals surface area contributed by atoms with Crippen molar-refractivity contribution in [1.82, 2.24) is 4.90 Å². The molecule has 1 aliphatic heterocycles. The average molecular weight is 274 g/mol. The summed E-state index contributed by atoms with van der Waals surface area (Å²) < 4.78 is 5.21. The monoisotopic (exact) mass is 274 g/mol. The van der Waals surface area contributed by atoms with Crippen LogP contribution in [0.3, 0.4) is 0 Å². The third-order valence-electron chi connectivity index (χ3n) is 3.20. The molecule has 106 valence electrons. The van der Waals surface area contributed by atoms with E-state index in [4.69, 9.17) is 15.7 Å². The Kier molecular flexibility index (Phi) is 4.80. The predicted molar refractivity (Wildman–Crippen MR) is 76.1 cm³/mol. The molecule has 0 atom stereocenters. The standard InChI is InChI=1S/C14H18N4O2/c15-10-11-1-2-12(16)13(9-11)17-4-3-14(19)18-5-7-20-8-6-18/h1-2,9,17H,3-8,16H2. The lowest BCUT2D eigenvalue weighted by atomic mass is 10.2. The Morgan fingerprint density at radius 1 is 1.45 bits per heavy atom. The number of hydrogen-bond acceptors (Lipinski definition) is 5. The lowest BCUT2D eigenvalue weighted by Gasteiger charge is -2.27. The fraction of sp³-hybridized carbons (Fsp3) is 0.429. The Morgan fingerprint density at radius 2 is 2.20 bits per heavy atom. The summed E-state index contributed by atoms with van der Waals surface area (Å²) in [6.07, 6.45) is 0.399. The quantitative estimate of drug-likeness (QED) is 0.792. The van der Waals surface area contributed by atoms with Gasteiger partial charge in [0.05, 0.1) is 36.2 Å². The van der Waals surface area contributed by atoms with Crippen molar-refractivity contribution in [3.63, 3.8) is 0 Å². The van der Waals surface area contributed by atoms with E-state index in [1.807, 2.05) is 0 Å². The minimum absolute atomic E-state index is 0.107. The van der Waals surface area contributed by atoms with Gasteiger partial charge in [-0.1, -0.05) is 0 Å². The van der Waals surface area contributed by atoms with E-state index >= 15 is 0 Å². The second-order valence-electron chi connectivity index (χ2n) is 4.58.